The third-order valence-electron chi connectivity index (χ3n) is 5.25. The minimum Gasteiger partial charge on any atom is -0.342 e. The number of nitrogens with zero attached hydrogens (tertiary/aromatic N) is 3. The van der Waals surface area contributed by atoms with Crippen LogP contribution < -0.4 is 0 Å². The molecule has 2 fully saturated rings. The Balaban J connectivity index is 1.65. The Morgan fingerprint density at radius 3 is 2.12 bits per heavy atom. The maximum Gasteiger partial charge on any atom is 0.236 e. The molecule has 0 aromatic carbocycles. The fourth-order valence-electron chi connectivity index (χ4n) is 3.67. The molecule has 0 radical (unpaired) electrons. The summed E-state index contributed by atoms with van der Waals surface area (Å²) in [5.41, 5.74) is 0. The van der Waals surface area contributed by atoms with Crippen molar-refractivity contribution in [2.75, 3.05) is 45.8 Å². The van der Waals surface area contributed by atoms with Crippen LogP contribution >= 0.6 is 0 Å². The van der Waals surface area contributed by atoms with Gasteiger partial charge in [-0.15, -0.1) is 0 Å². The first-order chi connectivity index (χ1) is 11.7. The van der Waals surface area contributed by atoms with E-state index in [0.29, 0.717) is 18.9 Å². The predicted octanol–water partition coefficient (Wildman–Crippen LogP) is 2.50. The molecule has 5 nitrogen and oxygen atoms in total. The maximum absolute atomic E-state index is 12.4. The second-order valence-corrected chi connectivity index (χ2v) is 7.26. The lowest BCUT2D eigenvalue weighted by molar-refractivity contribution is -0.131. The van der Waals surface area contributed by atoms with E-state index in [2.05, 4.69) is 11.8 Å². The van der Waals surface area contributed by atoms with E-state index in [4.69, 9.17) is 0 Å². The molecule has 24 heavy (non-hydrogen) atoms. The molecule has 0 aromatic heterocycles. The highest BCUT2D eigenvalue weighted by Gasteiger charge is 2.23. The quantitative estimate of drug-likeness (QED) is 0.639. The summed E-state index contributed by atoms with van der Waals surface area (Å²) in [5, 5.41) is 0. The Labute approximate surface area is 147 Å². The van der Waals surface area contributed by atoms with Gasteiger partial charge in [-0.1, -0.05) is 32.6 Å². The molecule has 0 aliphatic carbocycles. The molecular weight excluding hydrogens is 302 g/mol. The second-order valence-electron chi connectivity index (χ2n) is 7.26. The van der Waals surface area contributed by atoms with E-state index in [1.54, 1.807) is 0 Å². The predicted molar refractivity (Wildman–Crippen MR) is 96.8 cm³/mol. The number of carbonyl (C=O) groups excluding carboxylic acids is 2. The molecule has 2 rings (SSSR count). The Morgan fingerprint density at radius 1 is 0.708 bits per heavy atom. The highest BCUT2D eigenvalue weighted by Crippen LogP contribution is 2.11. The van der Waals surface area contributed by atoms with Gasteiger partial charge < -0.3 is 9.80 Å². The zero-order valence-corrected chi connectivity index (χ0v) is 15.5. The van der Waals surface area contributed by atoms with Crippen molar-refractivity contribution in [2.45, 2.75) is 64.7 Å². The number of hydrogen-bond acceptors (Lipinski definition) is 3. The molecule has 2 aliphatic heterocycles. The summed E-state index contributed by atoms with van der Waals surface area (Å²) >= 11 is 0. The second kappa shape index (κ2) is 10.7. The van der Waals surface area contributed by atoms with Gasteiger partial charge in [0.25, 0.3) is 0 Å². The molecule has 0 unspecified atom stereocenters. The SMILES string of the molecule is CCCCCCCC(=O)N1CCCN(CC(=O)N2CCCC2)CC1. The van der Waals surface area contributed by atoms with Gasteiger partial charge >= 0.3 is 0 Å². The topological polar surface area (TPSA) is 43.9 Å². The molecule has 2 saturated heterocycles. The number of likely N-dealkylation sites (tertiary alicyclic amines) is 1. The monoisotopic (exact) mass is 337 g/mol. The van der Waals surface area contributed by atoms with Crippen molar-refractivity contribution >= 4 is 11.8 Å². The first kappa shape index (κ1) is 19.2. The third kappa shape index (κ3) is 6.42. The fourth-order valence-corrected chi connectivity index (χ4v) is 3.67. The standard InChI is InChI=1S/C19H35N3O2/c1-2-3-4-5-6-10-18(23)22-14-9-11-20(15-16-22)17-19(24)21-12-7-8-13-21/h2-17H2,1H3. The third-order valence-corrected chi connectivity index (χ3v) is 5.25. The summed E-state index contributed by atoms with van der Waals surface area (Å²) in [6.45, 7) is 7.98. The fraction of sp³-hybridized carbons (Fsp3) is 0.895. The Hall–Kier alpha value is -1.10. The van der Waals surface area contributed by atoms with Crippen molar-refractivity contribution in [3.05, 3.63) is 0 Å². The molecule has 0 N–H and O–H groups in total. The van der Waals surface area contributed by atoms with Crippen LogP contribution in [0.3, 0.4) is 0 Å². The minimum absolute atomic E-state index is 0.267. The molecule has 2 amide bonds. The van der Waals surface area contributed by atoms with Gasteiger partial charge in [-0.05, 0) is 25.7 Å². The van der Waals surface area contributed by atoms with E-state index >= 15 is 0 Å². The lowest BCUT2D eigenvalue weighted by Gasteiger charge is -2.24. The highest BCUT2D eigenvalue weighted by molar-refractivity contribution is 5.78. The molecule has 2 aliphatic rings. The molecule has 2 heterocycles. The summed E-state index contributed by atoms with van der Waals surface area (Å²) in [6.07, 6.45) is 9.92. The van der Waals surface area contributed by atoms with E-state index in [9.17, 15) is 9.59 Å². The zero-order valence-electron chi connectivity index (χ0n) is 15.5. The van der Waals surface area contributed by atoms with E-state index < -0.39 is 0 Å². The van der Waals surface area contributed by atoms with Crippen molar-refractivity contribution in [1.82, 2.24) is 14.7 Å². The molecule has 0 bridgehead atoms. The van der Waals surface area contributed by atoms with Crippen LogP contribution in [0, 0.1) is 0 Å². The molecule has 5 heteroatoms. The summed E-state index contributed by atoms with van der Waals surface area (Å²) < 4.78 is 0. The minimum atomic E-state index is 0.267. The summed E-state index contributed by atoms with van der Waals surface area (Å²) in [7, 11) is 0. The van der Waals surface area contributed by atoms with Gasteiger partial charge in [0.15, 0.2) is 0 Å². The van der Waals surface area contributed by atoms with Gasteiger partial charge in [0.2, 0.25) is 11.8 Å². The van der Waals surface area contributed by atoms with Crippen LogP contribution in [0.2, 0.25) is 0 Å². The van der Waals surface area contributed by atoms with Crippen LogP contribution in [0.1, 0.15) is 64.7 Å². The van der Waals surface area contributed by atoms with Crippen molar-refractivity contribution < 1.29 is 9.59 Å². The highest BCUT2D eigenvalue weighted by atomic mass is 16.2. The Kier molecular flexibility index (Phi) is 8.57. The largest absolute Gasteiger partial charge is 0.342 e. The maximum atomic E-state index is 12.4. The smallest absolute Gasteiger partial charge is 0.236 e. The van der Waals surface area contributed by atoms with Gasteiger partial charge in [0, 0.05) is 45.7 Å². The molecule has 0 aromatic rings. The number of hydrogen-bond donors (Lipinski definition) is 0. The van der Waals surface area contributed by atoms with Gasteiger partial charge in [-0.2, -0.15) is 0 Å². The van der Waals surface area contributed by atoms with Crippen LogP contribution in [0.4, 0.5) is 0 Å². The van der Waals surface area contributed by atoms with E-state index in [1.807, 2.05) is 9.80 Å². The van der Waals surface area contributed by atoms with Gasteiger partial charge in [0.1, 0.15) is 0 Å². The van der Waals surface area contributed by atoms with Crippen molar-refractivity contribution in [2.24, 2.45) is 0 Å². The Morgan fingerprint density at radius 2 is 1.38 bits per heavy atom. The lowest BCUT2D eigenvalue weighted by Crippen LogP contribution is -2.41. The number of amides is 2. The molecular formula is C19H35N3O2. The summed E-state index contributed by atoms with van der Waals surface area (Å²) in [6, 6.07) is 0. The van der Waals surface area contributed by atoms with E-state index in [0.717, 1.165) is 65.0 Å². The first-order valence-electron chi connectivity index (χ1n) is 9.98. The number of rotatable bonds is 8. The average Bonchev–Trinajstić information content (AvgIpc) is 3.02. The van der Waals surface area contributed by atoms with E-state index in [1.165, 1.54) is 25.7 Å². The van der Waals surface area contributed by atoms with Crippen LogP contribution in [0.15, 0.2) is 0 Å². The molecule has 138 valence electrons. The van der Waals surface area contributed by atoms with Crippen molar-refractivity contribution in [3.8, 4) is 0 Å². The van der Waals surface area contributed by atoms with Crippen LogP contribution in [-0.4, -0.2) is 72.3 Å². The van der Waals surface area contributed by atoms with Crippen molar-refractivity contribution in [1.29, 1.82) is 0 Å². The van der Waals surface area contributed by atoms with Gasteiger partial charge in [0.05, 0.1) is 6.54 Å². The number of unbranched alkanes of at least 4 members (excludes halogenated alkanes) is 4. The van der Waals surface area contributed by atoms with Gasteiger partial charge in [-0.3, -0.25) is 14.5 Å². The molecule has 0 spiro atoms. The summed E-state index contributed by atoms with van der Waals surface area (Å²) in [5.74, 6) is 0.572. The van der Waals surface area contributed by atoms with Crippen LogP contribution in [0.25, 0.3) is 0 Å². The van der Waals surface area contributed by atoms with E-state index in [-0.39, 0.29) is 5.91 Å². The van der Waals surface area contributed by atoms with Crippen LogP contribution in [-0.2, 0) is 9.59 Å². The molecule has 0 atom stereocenters. The van der Waals surface area contributed by atoms with Crippen LogP contribution in [0.5, 0.6) is 0 Å². The lowest BCUT2D eigenvalue weighted by atomic mass is 10.1. The Bertz CT molecular complexity index is 394. The summed E-state index contributed by atoms with van der Waals surface area (Å²) in [4.78, 5) is 30.9. The molecule has 0 saturated carbocycles. The van der Waals surface area contributed by atoms with Crippen molar-refractivity contribution in [3.63, 3.8) is 0 Å². The zero-order chi connectivity index (χ0) is 17.2. The number of carbonyl (C=O) groups is 2. The van der Waals surface area contributed by atoms with Gasteiger partial charge in [-0.25, -0.2) is 0 Å². The average molecular weight is 338 g/mol. The first-order valence-corrected chi connectivity index (χ1v) is 9.98. The normalized spacial score (nSPS) is 19.5.